The molecule has 31 heavy (non-hydrogen) atoms. The summed E-state index contributed by atoms with van der Waals surface area (Å²) in [6, 6.07) is 13.9. The molecule has 0 bridgehead atoms. The third-order valence-electron chi connectivity index (χ3n) is 4.38. The maximum Gasteiger partial charge on any atom is 0.315 e. The Balaban J connectivity index is 1.65. The first kappa shape index (κ1) is 23.7. The predicted octanol–water partition coefficient (Wildman–Crippen LogP) is 2.68. The van der Waals surface area contributed by atoms with Crippen LogP contribution in [0.3, 0.4) is 0 Å². The second-order valence-electron chi connectivity index (χ2n) is 7.58. The lowest BCUT2D eigenvalue weighted by molar-refractivity contribution is -0.120. The molecule has 0 atom stereocenters. The van der Waals surface area contributed by atoms with E-state index in [1.807, 2.05) is 31.2 Å². The molecule has 2 rings (SSSR count). The summed E-state index contributed by atoms with van der Waals surface area (Å²) in [6.07, 6.45) is 0.951. The molecule has 0 fully saturated rings. The van der Waals surface area contributed by atoms with Crippen LogP contribution in [0.25, 0.3) is 0 Å². The van der Waals surface area contributed by atoms with E-state index in [2.05, 4.69) is 35.3 Å². The van der Waals surface area contributed by atoms with E-state index in [1.165, 1.54) is 0 Å². The molecule has 0 radical (unpaired) electrons. The summed E-state index contributed by atoms with van der Waals surface area (Å²) in [4.78, 5) is 35.7. The third kappa shape index (κ3) is 9.20. The average Bonchev–Trinajstić information content (AvgIpc) is 2.76. The first-order valence-electron chi connectivity index (χ1n) is 10.2. The molecule has 4 amide bonds. The van der Waals surface area contributed by atoms with E-state index in [0.29, 0.717) is 30.4 Å². The molecule has 2 aromatic rings. The van der Waals surface area contributed by atoms with Crippen LogP contribution < -0.4 is 26.2 Å². The molecule has 0 heterocycles. The van der Waals surface area contributed by atoms with E-state index in [4.69, 9.17) is 4.74 Å². The summed E-state index contributed by atoms with van der Waals surface area (Å²) in [5, 5.41) is 5.09. The number of urea groups is 1. The molecule has 0 saturated carbocycles. The maximum absolute atomic E-state index is 12.1. The number of amides is 4. The van der Waals surface area contributed by atoms with Crippen LogP contribution >= 0.6 is 0 Å². The van der Waals surface area contributed by atoms with E-state index in [1.54, 1.807) is 24.3 Å². The maximum atomic E-state index is 12.1. The monoisotopic (exact) mass is 426 g/mol. The minimum Gasteiger partial charge on any atom is -0.494 e. The van der Waals surface area contributed by atoms with Crippen molar-refractivity contribution in [3.63, 3.8) is 0 Å². The van der Waals surface area contributed by atoms with Crippen molar-refractivity contribution in [2.45, 2.75) is 33.7 Å². The minimum atomic E-state index is -0.549. The van der Waals surface area contributed by atoms with E-state index in [0.717, 1.165) is 17.5 Å². The van der Waals surface area contributed by atoms with Crippen molar-refractivity contribution in [2.24, 2.45) is 5.92 Å². The minimum absolute atomic E-state index is 0.275. The lowest BCUT2D eigenvalue weighted by atomic mass is 10.1. The van der Waals surface area contributed by atoms with Gasteiger partial charge in [-0.1, -0.05) is 43.7 Å². The quantitative estimate of drug-likeness (QED) is 0.462. The number of hydrogen-bond acceptors (Lipinski definition) is 4. The number of carbonyl (C=O) groups excluding carboxylic acids is 3. The smallest absolute Gasteiger partial charge is 0.315 e. The highest BCUT2D eigenvalue weighted by Gasteiger charge is 2.09. The van der Waals surface area contributed by atoms with Crippen molar-refractivity contribution in [1.29, 1.82) is 0 Å². The Kier molecular flexibility index (Phi) is 9.35. The van der Waals surface area contributed by atoms with Crippen molar-refractivity contribution in [1.82, 2.24) is 21.5 Å². The van der Waals surface area contributed by atoms with Gasteiger partial charge in [0.25, 0.3) is 11.8 Å². The normalized spacial score (nSPS) is 10.3. The fourth-order valence-electron chi connectivity index (χ4n) is 2.47. The van der Waals surface area contributed by atoms with E-state index >= 15 is 0 Å². The molecular formula is C23H30N4O4. The van der Waals surface area contributed by atoms with E-state index in [9.17, 15) is 14.4 Å². The zero-order valence-electron chi connectivity index (χ0n) is 18.2. The first-order chi connectivity index (χ1) is 14.8. The van der Waals surface area contributed by atoms with Crippen molar-refractivity contribution >= 4 is 17.8 Å². The molecule has 0 aliphatic carbocycles. The molecule has 8 heteroatoms. The number of aryl methyl sites for hydroxylation is 1. The summed E-state index contributed by atoms with van der Waals surface area (Å²) < 4.78 is 5.61. The third-order valence-corrected chi connectivity index (χ3v) is 4.38. The largest absolute Gasteiger partial charge is 0.494 e. The molecule has 0 aromatic heterocycles. The second kappa shape index (κ2) is 12.2. The molecule has 8 nitrogen and oxygen atoms in total. The highest BCUT2D eigenvalue weighted by molar-refractivity contribution is 5.95. The van der Waals surface area contributed by atoms with Crippen molar-refractivity contribution < 1.29 is 19.1 Å². The lowest BCUT2D eigenvalue weighted by Crippen LogP contribution is -2.47. The Hall–Kier alpha value is -3.55. The Bertz CT molecular complexity index is 864. The zero-order valence-corrected chi connectivity index (χ0v) is 18.2. The van der Waals surface area contributed by atoms with Crippen LogP contribution in [0, 0.1) is 12.8 Å². The van der Waals surface area contributed by atoms with Gasteiger partial charge in [-0.3, -0.25) is 20.4 Å². The molecule has 2 aromatic carbocycles. The second-order valence-corrected chi connectivity index (χ2v) is 7.58. The summed E-state index contributed by atoms with van der Waals surface area (Å²) >= 11 is 0. The number of hydrogen-bond donors (Lipinski definition) is 4. The predicted molar refractivity (Wildman–Crippen MR) is 118 cm³/mol. The number of benzene rings is 2. The van der Waals surface area contributed by atoms with Crippen LogP contribution in [0.15, 0.2) is 48.5 Å². The van der Waals surface area contributed by atoms with Gasteiger partial charge in [-0.25, -0.2) is 4.79 Å². The van der Waals surface area contributed by atoms with Gasteiger partial charge in [0.1, 0.15) is 12.3 Å². The van der Waals surface area contributed by atoms with Gasteiger partial charge in [-0.05, 0) is 49.1 Å². The van der Waals surface area contributed by atoms with E-state index in [-0.39, 0.29) is 6.54 Å². The van der Waals surface area contributed by atoms with Gasteiger partial charge in [-0.2, -0.15) is 0 Å². The van der Waals surface area contributed by atoms with Crippen LogP contribution in [0.1, 0.15) is 41.8 Å². The highest BCUT2D eigenvalue weighted by atomic mass is 16.5. The van der Waals surface area contributed by atoms with Crippen molar-refractivity contribution in [3.05, 3.63) is 65.2 Å². The van der Waals surface area contributed by atoms with E-state index < -0.39 is 17.8 Å². The molecule has 4 N–H and O–H groups in total. The number of rotatable bonds is 9. The number of carbonyl (C=O) groups is 3. The van der Waals surface area contributed by atoms with Gasteiger partial charge >= 0.3 is 6.03 Å². The Labute approximate surface area is 182 Å². The van der Waals surface area contributed by atoms with Crippen LogP contribution in [-0.2, 0) is 11.3 Å². The number of hydrazine groups is 1. The van der Waals surface area contributed by atoms with Gasteiger partial charge in [0.05, 0.1) is 6.61 Å². The highest BCUT2D eigenvalue weighted by Crippen LogP contribution is 2.13. The summed E-state index contributed by atoms with van der Waals surface area (Å²) in [7, 11) is 0. The molecule has 0 spiro atoms. The fraction of sp³-hybridized carbons (Fsp3) is 0.348. The Morgan fingerprint density at radius 2 is 1.58 bits per heavy atom. The molecular weight excluding hydrogens is 396 g/mol. The molecule has 0 unspecified atom stereocenters. The van der Waals surface area contributed by atoms with Crippen LogP contribution in [0.5, 0.6) is 5.75 Å². The van der Waals surface area contributed by atoms with Crippen molar-refractivity contribution in [3.8, 4) is 5.75 Å². The number of nitrogens with one attached hydrogen (secondary N) is 4. The SMILES string of the molecule is Cc1ccc(CNC(=O)NCC(=O)NNC(=O)c2ccc(OCCC(C)C)cc2)cc1. The van der Waals surface area contributed by atoms with Gasteiger partial charge in [0.2, 0.25) is 0 Å². The average molecular weight is 427 g/mol. The van der Waals surface area contributed by atoms with Gasteiger partial charge in [0, 0.05) is 12.1 Å². The van der Waals surface area contributed by atoms with Gasteiger partial charge < -0.3 is 15.4 Å². The number of ether oxygens (including phenoxy) is 1. The van der Waals surface area contributed by atoms with Crippen LogP contribution in [0.2, 0.25) is 0 Å². The zero-order chi connectivity index (χ0) is 22.6. The van der Waals surface area contributed by atoms with Crippen LogP contribution in [-0.4, -0.2) is 31.0 Å². The van der Waals surface area contributed by atoms with Gasteiger partial charge in [-0.15, -0.1) is 0 Å². The standard InChI is InChI=1S/C23H30N4O4/c1-16(2)12-13-31-20-10-8-19(9-11-20)22(29)27-26-21(28)15-25-23(30)24-14-18-6-4-17(3)5-7-18/h4-11,16H,12-15H2,1-3H3,(H,26,28)(H,27,29)(H2,24,25,30). The topological polar surface area (TPSA) is 109 Å². The Morgan fingerprint density at radius 3 is 2.23 bits per heavy atom. The van der Waals surface area contributed by atoms with Crippen molar-refractivity contribution in [2.75, 3.05) is 13.2 Å². The fourth-order valence-corrected chi connectivity index (χ4v) is 2.47. The van der Waals surface area contributed by atoms with Gasteiger partial charge in [0.15, 0.2) is 0 Å². The lowest BCUT2D eigenvalue weighted by Gasteiger charge is -2.10. The Morgan fingerprint density at radius 1 is 0.903 bits per heavy atom. The summed E-state index contributed by atoms with van der Waals surface area (Å²) in [6.45, 7) is 6.92. The molecule has 0 aliphatic rings. The molecule has 0 aliphatic heterocycles. The molecule has 166 valence electrons. The summed E-state index contributed by atoms with van der Waals surface area (Å²) in [5.41, 5.74) is 7.04. The van der Waals surface area contributed by atoms with Crippen LogP contribution in [0.4, 0.5) is 4.79 Å². The summed E-state index contributed by atoms with van der Waals surface area (Å²) in [5.74, 6) is 0.225. The first-order valence-corrected chi connectivity index (χ1v) is 10.2. The molecule has 0 saturated heterocycles.